The van der Waals surface area contributed by atoms with Crippen LogP contribution >= 0.6 is 15.9 Å². The summed E-state index contributed by atoms with van der Waals surface area (Å²) in [6.07, 6.45) is 4.49. The van der Waals surface area contributed by atoms with Crippen molar-refractivity contribution in [2.75, 3.05) is 0 Å². The van der Waals surface area contributed by atoms with Crippen LogP contribution in [0.5, 0.6) is 0 Å². The molecule has 2 bridgehead atoms. The van der Waals surface area contributed by atoms with E-state index in [9.17, 15) is 9.59 Å². The van der Waals surface area contributed by atoms with Gasteiger partial charge in [0.05, 0.1) is 39.1 Å². The Bertz CT molecular complexity index is 1790. The summed E-state index contributed by atoms with van der Waals surface area (Å²) in [5, 5.41) is 8.91. The van der Waals surface area contributed by atoms with Gasteiger partial charge in [0.2, 0.25) is 0 Å². The van der Waals surface area contributed by atoms with E-state index in [1.165, 1.54) is 0 Å². The van der Waals surface area contributed by atoms with Crippen LogP contribution in [-0.4, -0.2) is 37.8 Å². The quantitative estimate of drug-likeness (QED) is 0.229. The van der Waals surface area contributed by atoms with Crippen molar-refractivity contribution in [3.63, 3.8) is 0 Å². The fourth-order valence-electron chi connectivity index (χ4n) is 6.75. The Morgan fingerprint density at radius 3 is 2.33 bits per heavy atom. The third kappa shape index (κ3) is 5.20. The smallest absolute Gasteiger partial charge is 0.316 e. The molecule has 0 aliphatic heterocycles. The van der Waals surface area contributed by atoms with E-state index in [1.807, 2.05) is 101 Å². The average molecular weight is 642 g/mol. The van der Waals surface area contributed by atoms with Gasteiger partial charge in [0.1, 0.15) is 5.60 Å². The van der Waals surface area contributed by atoms with Crippen molar-refractivity contribution in [1.29, 1.82) is 0 Å². The summed E-state index contributed by atoms with van der Waals surface area (Å²) in [6, 6.07) is 17.9. The maximum absolute atomic E-state index is 14.6. The summed E-state index contributed by atoms with van der Waals surface area (Å²) in [7, 11) is 1.91. The molecule has 1 amide bonds. The molecule has 1 fully saturated rings. The van der Waals surface area contributed by atoms with Crippen LogP contribution in [0, 0.1) is 19.3 Å². The first kappa shape index (κ1) is 29.3. The number of hydrogen-bond donors (Lipinski definition) is 1. The summed E-state index contributed by atoms with van der Waals surface area (Å²) in [4.78, 5) is 33.2. The normalized spacial score (nSPS) is 21.5. The molecule has 1 N–H and O–H groups in total. The van der Waals surface area contributed by atoms with Crippen LogP contribution in [0.1, 0.15) is 73.8 Å². The second-order valence-corrected chi connectivity index (χ2v) is 14.0. The van der Waals surface area contributed by atoms with Gasteiger partial charge in [-0.3, -0.25) is 14.3 Å². The molecular weight excluding hydrogens is 604 g/mol. The number of ether oxygens (including phenoxy) is 1. The highest BCUT2D eigenvalue weighted by atomic mass is 79.9. The number of halogens is 1. The van der Waals surface area contributed by atoms with E-state index in [2.05, 4.69) is 32.4 Å². The highest BCUT2D eigenvalue weighted by Gasteiger charge is 2.55. The third-order valence-electron chi connectivity index (χ3n) is 8.83. The lowest BCUT2D eigenvalue weighted by Crippen LogP contribution is -2.58. The number of hydrogen-bond acceptors (Lipinski definition) is 5. The monoisotopic (exact) mass is 640 g/mol. The van der Waals surface area contributed by atoms with Crippen LogP contribution < -0.4 is 5.32 Å². The minimum absolute atomic E-state index is 0.156. The zero-order valence-corrected chi connectivity index (χ0v) is 27.1. The Kier molecular flexibility index (Phi) is 7.11. The summed E-state index contributed by atoms with van der Waals surface area (Å²) in [6.45, 7) is 9.62. The van der Waals surface area contributed by atoms with Gasteiger partial charge in [-0.05, 0) is 95.7 Å². The van der Waals surface area contributed by atoms with Crippen molar-refractivity contribution in [2.45, 2.75) is 71.4 Å². The first-order valence-corrected chi connectivity index (χ1v) is 15.6. The van der Waals surface area contributed by atoms with Gasteiger partial charge in [0, 0.05) is 22.5 Å². The lowest BCUT2D eigenvalue weighted by atomic mass is 9.57. The second kappa shape index (κ2) is 10.4. The van der Waals surface area contributed by atoms with Crippen molar-refractivity contribution < 1.29 is 14.3 Å². The molecule has 222 valence electrons. The first-order valence-electron chi connectivity index (χ1n) is 14.8. The van der Waals surface area contributed by atoms with E-state index in [0.717, 1.165) is 49.2 Å². The fourth-order valence-corrected chi connectivity index (χ4v) is 7.11. The van der Waals surface area contributed by atoms with Gasteiger partial charge in [-0.1, -0.05) is 52.3 Å². The number of rotatable bonds is 5. The maximum Gasteiger partial charge on any atom is 0.316 e. The molecule has 0 atom stereocenters. The first-order chi connectivity index (χ1) is 20.3. The van der Waals surface area contributed by atoms with E-state index >= 15 is 0 Å². The predicted molar refractivity (Wildman–Crippen MR) is 172 cm³/mol. The van der Waals surface area contributed by atoms with E-state index in [4.69, 9.17) is 9.72 Å². The third-order valence-corrected chi connectivity index (χ3v) is 9.33. The average Bonchev–Trinajstić information content (AvgIpc) is 3.29. The largest absolute Gasteiger partial charge is 0.459 e. The number of aryl methyl sites for hydroxylation is 2. The van der Waals surface area contributed by atoms with E-state index < -0.39 is 16.6 Å². The SMILES string of the molecule is Cc1cc(C2=CC3(C(=O)OC(C)(C)C)CCC2(NC(=O)c2c(C)c(-c4ccccc4)nc4ccc(Br)cc24)CC3)n(C)n1. The summed E-state index contributed by atoms with van der Waals surface area (Å²) in [5.41, 5.74) is 4.63. The van der Waals surface area contributed by atoms with Crippen LogP contribution in [-0.2, 0) is 16.6 Å². The lowest BCUT2D eigenvalue weighted by molar-refractivity contribution is -0.167. The minimum Gasteiger partial charge on any atom is -0.459 e. The molecule has 3 aliphatic carbocycles. The van der Waals surface area contributed by atoms with Crippen LogP contribution in [0.4, 0.5) is 0 Å². The Balaban J connectivity index is 1.48. The van der Waals surface area contributed by atoms with Crippen molar-refractivity contribution >= 4 is 44.3 Å². The Labute approximate surface area is 260 Å². The standard InChI is InChI=1S/C35H37BrN4O3/c1-21-18-28(40(6)39-21)26-20-34(32(42)43-33(3,4)5)14-16-35(26,17-15-34)38-31(41)29-22(2)30(23-10-8-7-9-11-23)37-27-13-12-24(36)19-25(27)29/h7-13,18-20H,14-17H2,1-6H3,(H,38,41). The predicted octanol–water partition coefficient (Wildman–Crippen LogP) is 7.48. The Hall–Kier alpha value is -3.78. The molecule has 0 unspecified atom stereocenters. The Morgan fingerprint density at radius 1 is 1.00 bits per heavy atom. The van der Waals surface area contributed by atoms with E-state index in [0.29, 0.717) is 31.2 Å². The molecule has 8 heteroatoms. The molecule has 2 heterocycles. The highest BCUT2D eigenvalue weighted by Crippen LogP contribution is 2.55. The molecule has 7 rings (SSSR count). The number of fused-ring (bicyclic) bond motifs is 3. The lowest BCUT2D eigenvalue weighted by Gasteiger charge is -2.51. The number of pyridine rings is 1. The molecule has 0 radical (unpaired) electrons. The molecule has 0 saturated heterocycles. The minimum atomic E-state index is -0.738. The molecule has 2 aromatic heterocycles. The number of nitrogens with one attached hydrogen (secondary N) is 1. The topological polar surface area (TPSA) is 86.1 Å². The number of benzene rings is 2. The molecule has 4 aromatic rings. The van der Waals surface area contributed by atoms with E-state index in [1.54, 1.807) is 0 Å². The Morgan fingerprint density at radius 2 is 1.70 bits per heavy atom. The number of carbonyl (C=O) groups is 2. The van der Waals surface area contributed by atoms with Gasteiger partial charge in [-0.25, -0.2) is 4.98 Å². The van der Waals surface area contributed by atoms with Crippen molar-refractivity contribution in [2.24, 2.45) is 12.5 Å². The fraction of sp³-hybridized carbons (Fsp3) is 0.371. The number of nitrogens with zero attached hydrogens (tertiary/aromatic N) is 3. The van der Waals surface area contributed by atoms with Crippen molar-refractivity contribution in [3.8, 4) is 11.3 Å². The number of carbonyl (C=O) groups excluding carboxylic acids is 2. The number of aromatic nitrogens is 3. The molecule has 1 saturated carbocycles. The zero-order chi connectivity index (χ0) is 30.7. The van der Waals surface area contributed by atoms with Gasteiger partial charge in [0.15, 0.2) is 0 Å². The molecule has 2 aromatic carbocycles. The summed E-state index contributed by atoms with van der Waals surface area (Å²) in [5.74, 6) is -0.360. The van der Waals surface area contributed by atoms with Crippen LogP contribution in [0.15, 0.2) is 65.1 Å². The number of esters is 1. The molecular formula is C35H37BrN4O3. The van der Waals surface area contributed by atoms with Gasteiger partial charge < -0.3 is 10.1 Å². The van der Waals surface area contributed by atoms with Crippen LogP contribution in [0.25, 0.3) is 27.7 Å². The van der Waals surface area contributed by atoms with Gasteiger partial charge in [-0.2, -0.15) is 5.10 Å². The maximum atomic E-state index is 14.6. The van der Waals surface area contributed by atoms with Gasteiger partial charge in [-0.15, -0.1) is 0 Å². The van der Waals surface area contributed by atoms with Crippen LogP contribution in [0.2, 0.25) is 0 Å². The van der Waals surface area contributed by atoms with Crippen molar-refractivity contribution in [3.05, 3.63) is 87.7 Å². The second-order valence-electron chi connectivity index (χ2n) is 13.0. The summed E-state index contributed by atoms with van der Waals surface area (Å²) >= 11 is 3.60. The zero-order valence-electron chi connectivity index (χ0n) is 25.5. The summed E-state index contributed by atoms with van der Waals surface area (Å²) < 4.78 is 8.65. The molecule has 43 heavy (non-hydrogen) atoms. The molecule has 3 aliphatic rings. The van der Waals surface area contributed by atoms with Crippen molar-refractivity contribution in [1.82, 2.24) is 20.1 Å². The highest BCUT2D eigenvalue weighted by molar-refractivity contribution is 9.10. The van der Waals surface area contributed by atoms with Crippen LogP contribution in [0.3, 0.4) is 0 Å². The molecule has 0 spiro atoms. The van der Waals surface area contributed by atoms with E-state index in [-0.39, 0.29) is 11.9 Å². The van der Waals surface area contributed by atoms with Gasteiger partial charge in [0.25, 0.3) is 5.91 Å². The number of amides is 1. The van der Waals surface area contributed by atoms with Gasteiger partial charge >= 0.3 is 5.97 Å². The molecule has 7 nitrogen and oxygen atoms in total.